The molecule has 1 unspecified atom stereocenters. The van der Waals surface area contributed by atoms with Crippen molar-refractivity contribution in [2.75, 3.05) is 0 Å². The molecule has 0 fully saturated rings. The van der Waals surface area contributed by atoms with Gasteiger partial charge in [0.15, 0.2) is 0 Å². The second-order valence-corrected chi connectivity index (χ2v) is 4.87. The van der Waals surface area contributed by atoms with Gasteiger partial charge in [0.05, 0.1) is 5.97 Å². The zero-order chi connectivity index (χ0) is 13.1. The minimum absolute atomic E-state index is 0. The summed E-state index contributed by atoms with van der Waals surface area (Å²) in [4.78, 5) is 21.6. The van der Waals surface area contributed by atoms with E-state index in [1.807, 2.05) is 0 Å². The largest absolute Gasteiger partial charge is 1.00 e. The first-order valence-corrected chi connectivity index (χ1v) is 6.02. The third kappa shape index (κ3) is 8.81. The Balaban J connectivity index is -0.000000112. The van der Waals surface area contributed by atoms with E-state index < -0.39 is 32.7 Å². The molecule has 0 aromatic carbocycles. The number of carboxylic acids is 2. The van der Waals surface area contributed by atoms with Crippen molar-refractivity contribution in [2.45, 2.75) is 31.9 Å². The van der Waals surface area contributed by atoms with E-state index in [0.29, 0.717) is 0 Å². The Morgan fingerprint density at radius 2 is 1.33 bits per heavy atom. The molecule has 0 heterocycles. The molecule has 10 nitrogen and oxygen atoms in total. The Hall–Kier alpha value is 0.730. The molecule has 0 aliphatic heterocycles. The summed E-state index contributed by atoms with van der Waals surface area (Å²) in [6.07, 6.45) is -0.630. The van der Waals surface area contributed by atoms with Gasteiger partial charge in [0.2, 0.25) is 0 Å². The molecule has 0 rings (SSSR count). The van der Waals surface area contributed by atoms with Crippen LogP contribution in [0.1, 0.15) is 26.7 Å². The fourth-order valence-electron chi connectivity index (χ4n) is 1.65. The summed E-state index contributed by atoms with van der Waals surface area (Å²) in [5.41, 5.74) is -2.19. The zero-order valence-corrected chi connectivity index (χ0v) is 17.1. The Morgan fingerprint density at radius 3 is 1.38 bits per heavy atom. The van der Waals surface area contributed by atoms with Crippen molar-refractivity contribution in [3.8, 4) is 0 Å². The number of carboxylic acid groups (broad SMARTS) is 2. The molecule has 0 bridgehead atoms. The molecule has 0 radical (unpaired) electrons. The number of aliphatic carboxylic acids is 2. The number of rotatable bonds is 6. The van der Waals surface area contributed by atoms with E-state index >= 15 is 0 Å². The molecule has 118 valence electrons. The van der Waals surface area contributed by atoms with Crippen LogP contribution in [0.5, 0.6) is 0 Å². The topological polar surface area (TPSA) is 229 Å². The normalized spacial score (nSPS) is 11.0. The van der Waals surface area contributed by atoms with E-state index in [0.717, 1.165) is 0 Å². The summed E-state index contributed by atoms with van der Waals surface area (Å²) < 4.78 is 30.5. The first kappa shape index (κ1) is 37.7. The summed E-state index contributed by atoms with van der Waals surface area (Å²) in [6, 6.07) is 0. The van der Waals surface area contributed by atoms with Crippen molar-refractivity contribution in [1.82, 2.24) is 0 Å². The van der Waals surface area contributed by atoms with E-state index in [1.165, 1.54) is 13.8 Å². The summed E-state index contributed by atoms with van der Waals surface area (Å²) in [7, 11) is -5.07. The fourth-order valence-corrected chi connectivity index (χ4v) is 2.89. The minimum atomic E-state index is -5.07. The molecule has 1 atom stereocenters. The van der Waals surface area contributed by atoms with Crippen LogP contribution in [0.4, 0.5) is 0 Å². The molecule has 0 aliphatic rings. The van der Waals surface area contributed by atoms with E-state index in [1.54, 1.807) is 0 Å². The quantitative estimate of drug-likeness (QED) is 0.357. The van der Waals surface area contributed by atoms with Crippen LogP contribution >= 0.6 is 0 Å². The minimum Gasteiger partial charge on any atom is -0.549 e. The number of carbonyl (C=O) groups is 2. The molecular weight excluding hydrogens is 334 g/mol. The van der Waals surface area contributed by atoms with Crippen LogP contribution in [0.3, 0.4) is 0 Å². The van der Waals surface area contributed by atoms with Gasteiger partial charge >= 0.3 is 59.1 Å². The van der Waals surface area contributed by atoms with Crippen molar-refractivity contribution < 1.29 is 108 Å². The standard InChI is InChI=1S/C8H14O7S.2Na.3H2O/c1-3-8(4-2,7(11)12)5(6(9)10)16(13,14)15;;;;;/h5H,3-4H2,1-2H3,(H,9,10)(H,11,12)(H,13,14,15);;;3*1H2/q;2*+1;;;/p-2. The average molecular weight is 352 g/mol. The van der Waals surface area contributed by atoms with Gasteiger partial charge in [-0.05, 0) is 12.8 Å². The van der Waals surface area contributed by atoms with Crippen molar-refractivity contribution in [3.05, 3.63) is 0 Å². The van der Waals surface area contributed by atoms with Crippen molar-refractivity contribution in [2.24, 2.45) is 5.41 Å². The van der Waals surface area contributed by atoms with Gasteiger partial charge in [0.1, 0.15) is 5.25 Å². The molecule has 0 aromatic heterocycles. The number of hydrogen-bond donors (Lipinski definition) is 1. The number of hydrogen-bond acceptors (Lipinski definition) is 6. The van der Waals surface area contributed by atoms with Crippen LogP contribution in [-0.4, -0.2) is 46.6 Å². The first-order valence-electron chi connectivity index (χ1n) is 4.52. The van der Waals surface area contributed by atoms with Crippen LogP contribution in [-0.2, 0) is 19.7 Å². The molecule has 13 heteroatoms. The third-order valence-electron chi connectivity index (χ3n) is 2.68. The Morgan fingerprint density at radius 1 is 1.05 bits per heavy atom. The van der Waals surface area contributed by atoms with E-state index in [4.69, 9.17) is 4.55 Å². The van der Waals surface area contributed by atoms with E-state index in [-0.39, 0.29) is 88.4 Å². The maximum atomic E-state index is 10.9. The molecule has 0 saturated heterocycles. The Labute approximate surface area is 166 Å². The molecule has 7 N–H and O–H groups in total. The van der Waals surface area contributed by atoms with E-state index in [2.05, 4.69) is 0 Å². The smallest absolute Gasteiger partial charge is 0.549 e. The predicted octanol–water partition coefficient (Wildman–Crippen LogP) is -10.9. The molecule has 0 saturated carbocycles. The molecule has 0 amide bonds. The van der Waals surface area contributed by atoms with Crippen molar-refractivity contribution in [1.29, 1.82) is 0 Å². The predicted molar refractivity (Wildman–Crippen MR) is 59.2 cm³/mol. The van der Waals surface area contributed by atoms with Crippen molar-refractivity contribution >= 4 is 22.1 Å². The van der Waals surface area contributed by atoms with Gasteiger partial charge in [-0.15, -0.1) is 0 Å². The van der Waals surface area contributed by atoms with Gasteiger partial charge in [-0.25, -0.2) is 0 Å². The van der Waals surface area contributed by atoms with Crippen LogP contribution in [0.25, 0.3) is 0 Å². The van der Waals surface area contributed by atoms with Gasteiger partial charge in [-0.2, -0.15) is 8.42 Å². The van der Waals surface area contributed by atoms with Gasteiger partial charge in [-0.3, -0.25) is 4.55 Å². The number of carbonyl (C=O) groups excluding carboxylic acids is 2. The van der Waals surface area contributed by atoms with Crippen molar-refractivity contribution in [3.63, 3.8) is 0 Å². The second kappa shape index (κ2) is 14.3. The monoisotopic (exact) mass is 352 g/mol. The Bertz CT molecular complexity index is 392. The van der Waals surface area contributed by atoms with Crippen LogP contribution < -0.4 is 69.3 Å². The summed E-state index contributed by atoms with van der Waals surface area (Å²) in [6.45, 7) is 2.58. The molecule has 0 aromatic rings. The summed E-state index contributed by atoms with van der Waals surface area (Å²) in [5, 5.41) is 19.0. The second-order valence-electron chi connectivity index (χ2n) is 3.36. The summed E-state index contributed by atoms with van der Waals surface area (Å²) >= 11 is 0. The maximum absolute atomic E-state index is 10.9. The average Bonchev–Trinajstić information content (AvgIpc) is 2.10. The van der Waals surface area contributed by atoms with Crippen LogP contribution in [0, 0.1) is 5.41 Å². The van der Waals surface area contributed by atoms with Gasteiger partial charge < -0.3 is 36.2 Å². The molecular formula is C8H18Na2O10S. The van der Waals surface area contributed by atoms with Gasteiger partial charge in [0.25, 0.3) is 10.1 Å². The SMILES string of the molecule is CCC(CC)(C(=O)[O-])C(C(=O)[O-])S(=O)(=O)O.O.O.O.[Na+].[Na+]. The first-order chi connectivity index (χ1) is 7.13. The molecule has 21 heavy (non-hydrogen) atoms. The summed E-state index contributed by atoms with van der Waals surface area (Å²) in [5.74, 6) is -4.00. The third-order valence-corrected chi connectivity index (χ3v) is 3.92. The molecule has 0 spiro atoms. The Kier molecular flexibility index (Phi) is 25.8. The van der Waals surface area contributed by atoms with Crippen LogP contribution in [0.15, 0.2) is 0 Å². The van der Waals surface area contributed by atoms with Crippen LogP contribution in [0.2, 0.25) is 0 Å². The van der Waals surface area contributed by atoms with Gasteiger partial charge in [-0.1, -0.05) is 13.8 Å². The fraction of sp³-hybridized carbons (Fsp3) is 0.750. The zero-order valence-electron chi connectivity index (χ0n) is 12.3. The van der Waals surface area contributed by atoms with E-state index in [9.17, 15) is 28.2 Å². The molecule has 0 aliphatic carbocycles. The maximum Gasteiger partial charge on any atom is 1.00 e. The van der Waals surface area contributed by atoms with Gasteiger partial charge in [0, 0.05) is 11.4 Å².